The minimum Gasteiger partial charge on any atom is -0.477 e. The lowest BCUT2D eigenvalue weighted by atomic mass is 10.2. The summed E-state index contributed by atoms with van der Waals surface area (Å²) >= 11 is 0. The van der Waals surface area contributed by atoms with Crippen LogP contribution in [0.1, 0.15) is 6.92 Å². The van der Waals surface area contributed by atoms with Gasteiger partial charge >= 0.3 is 0 Å². The van der Waals surface area contributed by atoms with Gasteiger partial charge in [0.05, 0.1) is 24.5 Å². The molecule has 0 aliphatic rings. The van der Waals surface area contributed by atoms with Gasteiger partial charge in [-0.3, -0.25) is 0 Å². The van der Waals surface area contributed by atoms with E-state index in [1.165, 1.54) is 0 Å². The second kappa shape index (κ2) is 6.81. The zero-order chi connectivity index (χ0) is 14.4. The highest BCUT2D eigenvalue weighted by Gasteiger charge is 2.10. The minimum absolute atomic E-state index is 0.0804. The smallest absolute Gasteiger partial charge is 0.222 e. The van der Waals surface area contributed by atoms with Gasteiger partial charge < -0.3 is 14.7 Å². The zero-order valence-electron chi connectivity index (χ0n) is 11.7. The Labute approximate surface area is 118 Å². The van der Waals surface area contributed by atoms with Crippen LogP contribution >= 0.6 is 0 Å². The number of likely N-dealkylation sites (N-methyl/N-ethyl adjacent to an activating group) is 1. The van der Waals surface area contributed by atoms with Crippen molar-refractivity contribution < 1.29 is 9.84 Å². The third-order valence-corrected chi connectivity index (χ3v) is 2.81. The molecule has 6 nitrogen and oxygen atoms in total. The maximum Gasteiger partial charge on any atom is 0.222 e. The van der Waals surface area contributed by atoms with Crippen molar-refractivity contribution in [3.63, 3.8) is 0 Å². The standard InChI is InChI=1S/C14H18N4O2/c1-3-20-14-11(5-4-8-15-14)12-6-7-13(17-16-12)18(2)9-10-19/h4-8,19H,3,9-10H2,1-2H3. The summed E-state index contributed by atoms with van der Waals surface area (Å²) in [7, 11) is 1.86. The van der Waals surface area contributed by atoms with Gasteiger partial charge in [-0.15, -0.1) is 10.2 Å². The highest BCUT2D eigenvalue weighted by Crippen LogP contribution is 2.26. The summed E-state index contributed by atoms with van der Waals surface area (Å²) in [6, 6.07) is 7.47. The number of aliphatic hydroxyl groups excluding tert-OH is 1. The summed E-state index contributed by atoms with van der Waals surface area (Å²) in [5, 5.41) is 17.3. The number of hydrogen-bond donors (Lipinski definition) is 1. The topological polar surface area (TPSA) is 71.4 Å². The molecule has 0 bridgehead atoms. The molecule has 0 aliphatic carbocycles. The van der Waals surface area contributed by atoms with Crippen molar-refractivity contribution in [2.24, 2.45) is 0 Å². The van der Waals surface area contributed by atoms with Crippen molar-refractivity contribution in [2.75, 3.05) is 31.7 Å². The zero-order valence-corrected chi connectivity index (χ0v) is 11.7. The van der Waals surface area contributed by atoms with Crippen molar-refractivity contribution >= 4 is 5.82 Å². The number of rotatable bonds is 6. The van der Waals surface area contributed by atoms with Gasteiger partial charge in [0.25, 0.3) is 0 Å². The van der Waals surface area contributed by atoms with E-state index < -0.39 is 0 Å². The number of aliphatic hydroxyl groups is 1. The quantitative estimate of drug-likeness (QED) is 0.857. The molecule has 0 radical (unpaired) electrons. The summed E-state index contributed by atoms with van der Waals surface area (Å²) in [5.41, 5.74) is 1.53. The van der Waals surface area contributed by atoms with Gasteiger partial charge in [-0.2, -0.15) is 0 Å². The number of anilines is 1. The fourth-order valence-electron chi connectivity index (χ4n) is 1.77. The Balaban J connectivity index is 2.26. The molecule has 6 heteroatoms. The first-order valence-electron chi connectivity index (χ1n) is 6.50. The fourth-order valence-corrected chi connectivity index (χ4v) is 1.77. The first-order valence-corrected chi connectivity index (χ1v) is 6.50. The maximum absolute atomic E-state index is 8.91. The normalized spacial score (nSPS) is 10.3. The van der Waals surface area contributed by atoms with Gasteiger partial charge in [0.15, 0.2) is 5.82 Å². The van der Waals surface area contributed by atoms with Crippen molar-refractivity contribution in [3.05, 3.63) is 30.5 Å². The molecule has 106 valence electrons. The van der Waals surface area contributed by atoms with Gasteiger partial charge in [-0.25, -0.2) is 4.98 Å². The molecule has 0 saturated carbocycles. The largest absolute Gasteiger partial charge is 0.477 e. The SMILES string of the molecule is CCOc1ncccc1-c1ccc(N(C)CCO)nn1. The fraction of sp³-hybridized carbons (Fsp3) is 0.357. The maximum atomic E-state index is 8.91. The van der Waals surface area contributed by atoms with Crippen LogP contribution in [0.5, 0.6) is 5.88 Å². The molecule has 0 spiro atoms. The molecular formula is C14H18N4O2. The lowest BCUT2D eigenvalue weighted by Gasteiger charge is -2.16. The van der Waals surface area contributed by atoms with Crippen LogP contribution in [-0.2, 0) is 0 Å². The van der Waals surface area contributed by atoms with E-state index in [0.29, 0.717) is 30.5 Å². The van der Waals surface area contributed by atoms with E-state index in [1.54, 1.807) is 6.20 Å². The molecule has 0 fully saturated rings. The Morgan fingerprint density at radius 3 is 2.75 bits per heavy atom. The summed E-state index contributed by atoms with van der Waals surface area (Å²) in [5.74, 6) is 1.27. The Morgan fingerprint density at radius 1 is 1.25 bits per heavy atom. The van der Waals surface area contributed by atoms with Crippen LogP contribution in [0.3, 0.4) is 0 Å². The average Bonchev–Trinajstić information content (AvgIpc) is 2.49. The third-order valence-electron chi connectivity index (χ3n) is 2.81. The number of pyridine rings is 1. The van der Waals surface area contributed by atoms with E-state index in [-0.39, 0.29) is 6.61 Å². The van der Waals surface area contributed by atoms with Crippen molar-refractivity contribution in [1.82, 2.24) is 15.2 Å². The Hall–Kier alpha value is -2.21. The Bertz CT molecular complexity index is 545. The molecule has 1 N–H and O–H groups in total. The van der Waals surface area contributed by atoms with Crippen LogP contribution in [0, 0.1) is 0 Å². The Morgan fingerprint density at radius 2 is 2.10 bits per heavy atom. The van der Waals surface area contributed by atoms with Crippen LogP contribution in [-0.4, -0.2) is 47.1 Å². The van der Waals surface area contributed by atoms with Gasteiger partial charge in [-0.05, 0) is 31.2 Å². The number of ether oxygens (including phenoxy) is 1. The summed E-state index contributed by atoms with van der Waals surface area (Å²) < 4.78 is 5.49. The molecule has 0 aliphatic heterocycles. The molecule has 0 amide bonds. The summed E-state index contributed by atoms with van der Waals surface area (Å²) in [6.45, 7) is 3.06. The first-order chi connectivity index (χ1) is 9.76. The van der Waals surface area contributed by atoms with Crippen LogP contribution < -0.4 is 9.64 Å². The van der Waals surface area contributed by atoms with Gasteiger partial charge in [0.1, 0.15) is 0 Å². The first kappa shape index (κ1) is 14.2. The van der Waals surface area contributed by atoms with Gasteiger partial charge in [0, 0.05) is 19.8 Å². The van der Waals surface area contributed by atoms with Crippen molar-refractivity contribution in [3.8, 4) is 17.1 Å². The van der Waals surface area contributed by atoms with Crippen molar-refractivity contribution in [1.29, 1.82) is 0 Å². The lowest BCUT2D eigenvalue weighted by Crippen LogP contribution is -2.22. The number of aromatic nitrogens is 3. The molecule has 0 unspecified atom stereocenters. The minimum atomic E-state index is 0.0804. The number of nitrogens with zero attached hydrogens (tertiary/aromatic N) is 4. The van der Waals surface area contributed by atoms with Crippen LogP contribution in [0.4, 0.5) is 5.82 Å². The highest BCUT2D eigenvalue weighted by molar-refractivity contribution is 5.65. The average molecular weight is 274 g/mol. The molecular weight excluding hydrogens is 256 g/mol. The van der Waals surface area contributed by atoms with E-state index in [4.69, 9.17) is 9.84 Å². The van der Waals surface area contributed by atoms with Gasteiger partial charge in [0.2, 0.25) is 5.88 Å². The Kier molecular flexibility index (Phi) is 4.84. The molecule has 2 aromatic rings. The molecule has 0 saturated heterocycles. The molecule has 0 aromatic carbocycles. The van der Waals surface area contributed by atoms with Crippen LogP contribution in [0.25, 0.3) is 11.3 Å². The predicted octanol–water partition coefficient (Wildman–Crippen LogP) is 1.37. The third kappa shape index (κ3) is 3.21. The van der Waals surface area contributed by atoms with E-state index >= 15 is 0 Å². The van der Waals surface area contributed by atoms with Gasteiger partial charge in [-0.1, -0.05) is 0 Å². The van der Waals surface area contributed by atoms with E-state index in [2.05, 4.69) is 15.2 Å². The number of hydrogen-bond acceptors (Lipinski definition) is 6. The lowest BCUT2D eigenvalue weighted by molar-refractivity contribution is 0.303. The summed E-state index contributed by atoms with van der Waals surface area (Å²) in [4.78, 5) is 6.04. The molecule has 0 atom stereocenters. The van der Waals surface area contributed by atoms with E-state index in [0.717, 1.165) is 5.56 Å². The van der Waals surface area contributed by atoms with Crippen molar-refractivity contribution in [2.45, 2.75) is 6.92 Å². The summed E-state index contributed by atoms with van der Waals surface area (Å²) in [6.07, 6.45) is 1.69. The monoisotopic (exact) mass is 274 g/mol. The highest BCUT2D eigenvalue weighted by atomic mass is 16.5. The van der Waals surface area contributed by atoms with E-state index in [9.17, 15) is 0 Å². The van der Waals surface area contributed by atoms with Crippen LogP contribution in [0.15, 0.2) is 30.5 Å². The molecule has 2 aromatic heterocycles. The molecule has 2 rings (SSSR count). The molecule has 20 heavy (non-hydrogen) atoms. The van der Waals surface area contributed by atoms with E-state index in [1.807, 2.05) is 43.1 Å². The second-order valence-electron chi connectivity index (χ2n) is 4.21. The van der Waals surface area contributed by atoms with Crippen LogP contribution in [0.2, 0.25) is 0 Å². The molecule has 2 heterocycles. The predicted molar refractivity (Wildman–Crippen MR) is 76.8 cm³/mol. The second-order valence-corrected chi connectivity index (χ2v) is 4.21.